The van der Waals surface area contributed by atoms with Crippen molar-refractivity contribution in [3.63, 3.8) is 0 Å². The zero-order valence-electron chi connectivity index (χ0n) is 14.0. The highest BCUT2D eigenvalue weighted by molar-refractivity contribution is 6.32. The van der Waals surface area contributed by atoms with Crippen LogP contribution in [-0.4, -0.2) is 18.6 Å². The third-order valence-corrected chi connectivity index (χ3v) is 5.25. The highest BCUT2D eigenvalue weighted by atomic mass is 35.5. The van der Waals surface area contributed by atoms with Crippen LogP contribution in [-0.2, 0) is 4.79 Å². The van der Waals surface area contributed by atoms with E-state index in [1.54, 1.807) is 12.1 Å². The van der Waals surface area contributed by atoms with E-state index in [1.165, 1.54) is 31.7 Å². The van der Waals surface area contributed by atoms with Crippen LogP contribution >= 0.6 is 11.6 Å². The molecule has 0 bridgehead atoms. The van der Waals surface area contributed by atoms with E-state index in [-0.39, 0.29) is 12.5 Å². The Kier molecular flexibility index (Phi) is 4.20. The van der Waals surface area contributed by atoms with Crippen molar-refractivity contribution < 1.29 is 13.9 Å². The van der Waals surface area contributed by atoms with Gasteiger partial charge >= 0.3 is 5.63 Å². The molecule has 2 fully saturated rings. The quantitative estimate of drug-likeness (QED) is 0.800. The zero-order valence-corrected chi connectivity index (χ0v) is 14.8. The molecule has 0 atom stereocenters. The summed E-state index contributed by atoms with van der Waals surface area (Å²) in [5.41, 5.74) is 0.764. The van der Waals surface area contributed by atoms with Gasteiger partial charge in [0, 0.05) is 23.6 Å². The number of hydrogen-bond donors (Lipinski definition) is 1. The maximum atomic E-state index is 12.2. The Hall–Kier alpha value is -2.01. The van der Waals surface area contributed by atoms with E-state index in [9.17, 15) is 9.59 Å². The fourth-order valence-electron chi connectivity index (χ4n) is 3.33. The standard InChI is InChI=1S/C19H20ClNO4/c1-10-6-18(23)25-15-8-16(14(20)7-13(10)15)24-9-17(22)21-19(11-2-3-11)12-4-5-12/h6-8,11-12,19H,2-5,9H2,1H3,(H,21,22). The summed E-state index contributed by atoms with van der Waals surface area (Å²) in [5, 5.41) is 4.25. The SMILES string of the molecule is Cc1cc(=O)oc2cc(OCC(=O)NC(C3CC3)C3CC3)c(Cl)cc12. The van der Waals surface area contributed by atoms with Crippen molar-refractivity contribution in [2.24, 2.45) is 11.8 Å². The van der Waals surface area contributed by atoms with Crippen LogP contribution in [0, 0.1) is 18.8 Å². The monoisotopic (exact) mass is 361 g/mol. The van der Waals surface area contributed by atoms with Crippen molar-refractivity contribution in [1.82, 2.24) is 5.32 Å². The van der Waals surface area contributed by atoms with Crippen molar-refractivity contribution in [3.05, 3.63) is 39.2 Å². The van der Waals surface area contributed by atoms with Crippen LogP contribution in [0.4, 0.5) is 0 Å². The van der Waals surface area contributed by atoms with E-state index in [0.717, 1.165) is 10.9 Å². The molecule has 0 aliphatic heterocycles. The molecule has 25 heavy (non-hydrogen) atoms. The van der Waals surface area contributed by atoms with Gasteiger partial charge in [0.15, 0.2) is 6.61 Å². The normalized spacial score (nSPS) is 17.1. The number of carbonyl (C=O) groups is 1. The first-order valence-electron chi connectivity index (χ1n) is 8.67. The molecule has 0 spiro atoms. The molecule has 0 saturated heterocycles. The summed E-state index contributed by atoms with van der Waals surface area (Å²) in [6, 6.07) is 4.98. The Morgan fingerprint density at radius 2 is 1.96 bits per heavy atom. The predicted octanol–water partition coefficient (Wildman–Crippen LogP) is 3.44. The number of rotatable bonds is 6. The van der Waals surface area contributed by atoms with E-state index >= 15 is 0 Å². The van der Waals surface area contributed by atoms with Crippen LogP contribution in [0.5, 0.6) is 5.75 Å². The lowest BCUT2D eigenvalue weighted by molar-refractivity contribution is -0.124. The lowest BCUT2D eigenvalue weighted by atomic mass is 10.1. The first-order valence-corrected chi connectivity index (χ1v) is 9.05. The first-order chi connectivity index (χ1) is 12.0. The molecule has 132 valence electrons. The summed E-state index contributed by atoms with van der Waals surface area (Å²) in [6.07, 6.45) is 4.82. The lowest BCUT2D eigenvalue weighted by Crippen LogP contribution is -2.40. The molecule has 2 aromatic rings. The summed E-state index contributed by atoms with van der Waals surface area (Å²) >= 11 is 6.25. The van der Waals surface area contributed by atoms with Gasteiger partial charge in [-0.05, 0) is 56.1 Å². The average Bonchev–Trinajstić information content (AvgIpc) is 3.45. The van der Waals surface area contributed by atoms with Crippen LogP contribution in [0.25, 0.3) is 11.0 Å². The molecule has 4 rings (SSSR count). The molecule has 1 aromatic heterocycles. The molecule has 0 unspecified atom stereocenters. The average molecular weight is 362 g/mol. The number of amides is 1. The number of nitrogens with one attached hydrogen (secondary N) is 1. The molecule has 5 nitrogen and oxygen atoms in total. The number of aryl methyl sites for hydroxylation is 1. The van der Waals surface area contributed by atoms with Crippen molar-refractivity contribution in [2.45, 2.75) is 38.6 Å². The summed E-state index contributed by atoms with van der Waals surface area (Å²) in [7, 11) is 0. The number of hydrogen-bond acceptors (Lipinski definition) is 4. The summed E-state index contributed by atoms with van der Waals surface area (Å²) < 4.78 is 10.8. The van der Waals surface area contributed by atoms with Gasteiger partial charge in [-0.15, -0.1) is 0 Å². The van der Waals surface area contributed by atoms with E-state index in [0.29, 0.717) is 34.2 Å². The maximum Gasteiger partial charge on any atom is 0.336 e. The Labute approximate surface area is 150 Å². The fraction of sp³-hybridized carbons (Fsp3) is 0.474. The second-order valence-corrected chi connectivity index (χ2v) is 7.49. The fourth-order valence-corrected chi connectivity index (χ4v) is 3.55. The van der Waals surface area contributed by atoms with Gasteiger partial charge in [-0.1, -0.05) is 11.6 Å². The molecule has 2 saturated carbocycles. The number of fused-ring (bicyclic) bond motifs is 1. The van der Waals surface area contributed by atoms with E-state index in [4.69, 9.17) is 20.8 Å². The Morgan fingerprint density at radius 1 is 1.28 bits per heavy atom. The van der Waals surface area contributed by atoms with E-state index in [1.807, 2.05) is 6.92 Å². The van der Waals surface area contributed by atoms with Gasteiger partial charge in [0.2, 0.25) is 0 Å². The molecule has 1 N–H and O–H groups in total. The van der Waals surface area contributed by atoms with Crippen LogP contribution in [0.2, 0.25) is 5.02 Å². The summed E-state index contributed by atoms with van der Waals surface area (Å²) in [4.78, 5) is 23.7. The molecule has 0 radical (unpaired) electrons. The highest BCUT2D eigenvalue weighted by Crippen LogP contribution is 2.44. The van der Waals surface area contributed by atoms with Gasteiger partial charge in [-0.2, -0.15) is 0 Å². The largest absolute Gasteiger partial charge is 0.482 e. The molecular weight excluding hydrogens is 342 g/mol. The van der Waals surface area contributed by atoms with Crippen molar-refractivity contribution in [3.8, 4) is 5.75 Å². The van der Waals surface area contributed by atoms with Gasteiger partial charge < -0.3 is 14.5 Å². The minimum atomic E-state index is -0.423. The Balaban J connectivity index is 1.45. The topological polar surface area (TPSA) is 68.5 Å². The third kappa shape index (κ3) is 3.66. The molecule has 2 aliphatic carbocycles. The summed E-state index contributed by atoms with van der Waals surface area (Å²) in [6.45, 7) is 1.72. The van der Waals surface area contributed by atoms with Crippen molar-refractivity contribution in [2.75, 3.05) is 6.61 Å². The molecule has 2 aliphatic rings. The summed E-state index contributed by atoms with van der Waals surface area (Å²) in [5.74, 6) is 1.48. The molecule has 6 heteroatoms. The van der Waals surface area contributed by atoms with Crippen LogP contribution < -0.4 is 15.7 Å². The smallest absolute Gasteiger partial charge is 0.336 e. The van der Waals surface area contributed by atoms with E-state index < -0.39 is 5.63 Å². The zero-order chi connectivity index (χ0) is 17.6. The van der Waals surface area contributed by atoms with Gasteiger partial charge in [-0.3, -0.25) is 4.79 Å². The van der Waals surface area contributed by atoms with Gasteiger partial charge in [0.1, 0.15) is 11.3 Å². The number of ether oxygens (including phenoxy) is 1. The van der Waals surface area contributed by atoms with Crippen LogP contribution in [0.1, 0.15) is 31.2 Å². The maximum absolute atomic E-state index is 12.2. The third-order valence-electron chi connectivity index (χ3n) is 4.95. The predicted molar refractivity (Wildman–Crippen MR) is 95.1 cm³/mol. The van der Waals surface area contributed by atoms with Crippen LogP contribution in [0.3, 0.4) is 0 Å². The van der Waals surface area contributed by atoms with Crippen LogP contribution in [0.15, 0.2) is 27.4 Å². The Morgan fingerprint density at radius 3 is 2.60 bits per heavy atom. The lowest BCUT2D eigenvalue weighted by Gasteiger charge is -2.18. The molecule has 1 amide bonds. The van der Waals surface area contributed by atoms with Crippen molar-refractivity contribution in [1.29, 1.82) is 0 Å². The molecular formula is C19H20ClNO4. The van der Waals surface area contributed by atoms with E-state index in [2.05, 4.69) is 5.32 Å². The number of carbonyl (C=O) groups excluding carboxylic acids is 1. The second kappa shape index (κ2) is 6.37. The van der Waals surface area contributed by atoms with Crippen molar-refractivity contribution >= 4 is 28.5 Å². The Bertz CT molecular complexity index is 871. The molecule has 1 aromatic carbocycles. The highest BCUT2D eigenvalue weighted by Gasteiger charge is 2.42. The number of benzene rings is 1. The van der Waals surface area contributed by atoms with Gasteiger partial charge in [0.05, 0.1) is 5.02 Å². The van der Waals surface area contributed by atoms with Gasteiger partial charge in [-0.25, -0.2) is 4.79 Å². The molecule has 1 heterocycles. The minimum absolute atomic E-state index is 0.1000. The van der Waals surface area contributed by atoms with Gasteiger partial charge in [0.25, 0.3) is 5.91 Å². The second-order valence-electron chi connectivity index (χ2n) is 7.08. The minimum Gasteiger partial charge on any atom is -0.482 e. The number of halogens is 1. The first kappa shape index (κ1) is 16.5.